The number of hydrogen-bond acceptors (Lipinski definition) is 6. The van der Waals surface area contributed by atoms with Gasteiger partial charge in [0, 0.05) is 162 Å². The van der Waals surface area contributed by atoms with Crippen molar-refractivity contribution in [3.63, 3.8) is 0 Å². The number of hydrogen-bond donors (Lipinski definition) is 6. The molecule has 6 rings (SSSR count). The predicted molar refractivity (Wildman–Crippen MR) is 461 cm³/mol. The van der Waals surface area contributed by atoms with Crippen LogP contribution < -0.4 is 0 Å². The fourth-order valence-corrected chi connectivity index (χ4v) is 12.3. The molecule has 0 aromatic heterocycles. The molecule has 0 radical (unpaired) electrons. The molecule has 0 bridgehead atoms. The standard InChI is InChI=1S/2C43H64O3.6C2H5.6Zn/c2*1-38(2,3)25-19-28(35(44)31(22-25)41(10,11)12)34(29-20-26(39(4,5)6)23-32(36(29)45)42(13,14)15)30-21-27(40(7,8)9)24-33(37(30)46)43(16,17)18;6*1-2;;;;;;/h2*19-24,34,44-46H,1-18H3;6*1H2,2H3;;;;;;/q;;6*-1;;;;;;. The molecule has 604 valence electrons. The second-order valence-corrected chi connectivity index (χ2v) is 39.6. The average Bonchev–Trinajstić information content (AvgIpc) is 0.738. The van der Waals surface area contributed by atoms with Gasteiger partial charge in [-0.15, -0.1) is 0 Å². The molecule has 0 aliphatic rings. The molecule has 0 atom stereocenters. The summed E-state index contributed by atoms with van der Waals surface area (Å²) in [7, 11) is 0. The van der Waals surface area contributed by atoms with Gasteiger partial charge in [0.25, 0.3) is 0 Å². The summed E-state index contributed by atoms with van der Waals surface area (Å²) in [5, 5.41) is 74.1. The Kier molecular flexibility index (Phi) is 52.6. The molecular formula is C98H158O6Zn6-6. The second-order valence-electron chi connectivity index (χ2n) is 39.6. The second kappa shape index (κ2) is 46.9. The monoisotopic (exact) mass is 1810 g/mol. The maximum absolute atomic E-state index is 12.3. The Bertz CT molecular complexity index is 3080. The van der Waals surface area contributed by atoms with Crippen molar-refractivity contribution in [1.82, 2.24) is 0 Å². The number of phenolic OH excluding ortho intramolecular Hbond substituents is 6. The molecular weight excluding hydrogens is 1670 g/mol. The quantitative estimate of drug-likeness (QED) is 0.0561. The summed E-state index contributed by atoms with van der Waals surface area (Å²) in [5.41, 5.74) is 12.6. The number of aromatic hydroxyl groups is 6. The van der Waals surface area contributed by atoms with Gasteiger partial charge >= 0.3 is 0 Å². The van der Waals surface area contributed by atoms with Gasteiger partial charge in [0.05, 0.1) is 0 Å². The Balaban J connectivity index is -0.000000264. The van der Waals surface area contributed by atoms with E-state index in [0.717, 1.165) is 66.8 Å². The van der Waals surface area contributed by atoms with Gasteiger partial charge in [0.1, 0.15) is 34.5 Å². The van der Waals surface area contributed by atoms with Gasteiger partial charge in [-0.25, -0.2) is 0 Å². The molecule has 6 nitrogen and oxygen atoms in total. The maximum Gasteiger partial charge on any atom is 0.123 e. The molecule has 6 aromatic carbocycles. The van der Waals surface area contributed by atoms with E-state index in [2.05, 4.69) is 364 Å². The van der Waals surface area contributed by atoms with Crippen molar-refractivity contribution >= 4 is 0 Å². The van der Waals surface area contributed by atoms with Crippen LogP contribution in [-0.2, 0) is 182 Å². The zero-order valence-electron chi connectivity index (χ0n) is 79.3. The first-order chi connectivity index (χ1) is 46.7. The Labute approximate surface area is 756 Å². The fourth-order valence-electron chi connectivity index (χ4n) is 12.3. The number of phenols is 6. The summed E-state index contributed by atoms with van der Waals surface area (Å²) in [6.07, 6.45) is 0. The van der Waals surface area contributed by atoms with Crippen LogP contribution in [0.3, 0.4) is 0 Å². The van der Waals surface area contributed by atoms with E-state index in [1.807, 2.05) is 0 Å². The van der Waals surface area contributed by atoms with Crippen LogP contribution in [0.4, 0.5) is 0 Å². The molecule has 0 fully saturated rings. The predicted octanol–water partition coefficient (Wildman–Crippen LogP) is 28.6. The van der Waals surface area contributed by atoms with Crippen LogP contribution in [0.15, 0.2) is 72.8 Å². The Morgan fingerprint density at radius 1 is 0.164 bits per heavy atom. The molecule has 6 N–H and O–H groups in total. The Hall–Kier alpha value is -2.14. The molecule has 6 aromatic rings. The fraction of sp³-hybridized carbons (Fsp3) is 0.571. The zero-order valence-corrected chi connectivity index (χ0v) is 97.1. The van der Waals surface area contributed by atoms with Gasteiger partial charge in [-0.3, -0.25) is 0 Å². The first kappa shape index (κ1) is 124. The van der Waals surface area contributed by atoms with E-state index < -0.39 is 11.8 Å². The summed E-state index contributed by atoms with van der Waals surface area (Å²) in [5.74, 6) is -0.0298. The van der Waals surface area contributed by atoms with E-state index in [9.17, 15) is 30.6 Å². The van der Waals surface area contributed by atoms with Crippen molar-refractivity contribution in [3.05, 3.63) is 214 Å². The third-order valence-electron chi connectivity index (χ3n) is 18.7. The van der Waals surface area contributed by atoms with E-state index in [4.69, 9.17) is 0 Å². The number of rotatable bonds is 6. The van der Waals surface area contributed by atoms with Crippen molar-refractivity contribution in [3.8, 4) is 34.5 Å². The van der Waals surface area contributed by atoms with Gasteiger partial charge < -0.3 is 72.2 Å². The largest absolute Gasteiger partial charge is 0.507 e. The van der Waals surface area contributed by atoms with Gasteiger partial charge in [0.15, 0.2) is 0 Å². The van der Waals surface area contributed by atoms with E-state index in [-0.39, 0.29) is 216 Å². The van der Waals surface area contributed by atoms with Crippen molar-refractivity contribution in [2.24, 2.45) is 0 Å². The van der Waals surface area contributed by atoms with Crippen LogP contribution in [0.5, 0.6) is 34.5 Å². The molecule has 12 heteroatoms. The molecule has 0 unspecified atom stereocenters. The normalized spacial score (nSPS) is 11.9. The maximum atomic E-state index is 12.3. The molecule has 0 spiro atoms. The molecule has 0 heterocycles. The minimum absolute atomic E-state index is 0. The molecule has 0 saturated heterocycles. The number of benzene rings is 6. The minimum Gasteiger partial charge on any atom is -0.507 e. The van der Waals surface area contributed by atoms with Gasteiger partial charge in [-0.2, -0.15) is 41.5 Å². The van der Waals surface area contributed by atoms with Crippen LogP contribution in [0.25, 0.3) is 0 Å². The smallest absolute Gasteiger partial charge is 0.123 e. The third kappa shape index (κ3) is 32.3. The summed E-state index contributed by atoms with van der Waals surface area (Å²) < 4.78 is 0. The van der Waals surface area contributed by atoms with Crippen LogP contribution in [0, 0.1) is 41.5 Å². The summed E-state index contributed by atoms with van der Waals surface area (Å²) in [6.45, 7) is 108. The van der Waals surface area contributed by atoms with Crippen LogP contribution in [0.2, 0.25) is 0 Å². The van der Waals surface area contributed by atoms with Crippen LogP contribution in [-0.4, -0.2) is 30.6 Å². The molecule has 0 saturated carbocycles. The SMILES string of the molecule is CC(C)(C)c1cc(C(c2cc(C(C)(C)C)cc(C(C)(C)C)c2O)c2cc(C(C)(C)C)cc(C(C)(C)C)c2O)c(O)c(C(C)(C)C)c1.CC(C)(C)c1cc(C(c2cc(C(C)(C)C)cc(C(C)(C)C)c2O)c2cc(C(C)(C)C)cc(C(C)(C)C)c2O)c(O)c(C(C)(C)C)c1.[CH2-]C.[CH2-]C.[CH2-]C.[CH2-]C.[CH2-]C.[CH2-]C.[Zn].[Zn].[Zn].[Zn].[Zn].[Zn]. The van der Waals surface area contributed by atoms with Crippen molar-refractivity contribution in [2.45, 2.75) is 368 Å². The minimum atomic E-state index is -0.643. The van der Waals surface area contributed by atoms with Crippen molar-refractivity contribution in [2.75, 3.05) is 0 Å². The van der Waals surface area contributed by atoms with E-state index in [1.165, 1.54) is 0 Å². The van der Waals surface area contributed by atoms with E-state index in [1.54, 1.807) is 41.5 Å². The van der Waals surface area contributed by atoms with E-state index in [0.29, 0.717) is 33.4 Å². The summed E-state index contributed by atoms with van der Waals surface area (Å²) in [4.78, 5) is 0. The molecule has 0 amide bonds. The first-order valence-corrected chi connectivity index (χ1v) is 38.2. The summed E-state index contributed by atoms with van der Waals surface area (Å²) in [6, 6.07) is 25.4. The third-order valence-corrected chi connectivity index (χ3v) is 18.7. The van der Waals surface area contributed by atoms with Gasteiger partial charge in [-0.05, 0) is 132 Å². The van der Waals surface area contributed by atoms with Crippen LogP contribution >= 0.6 is 0 Å². The molecule has 0 aliphatic heterocycles. The molecule has 110 heavy (non-hydrogen) atoms. The molecule has 0 aliphatic carbocycles. The Morgan fingerprint density at radius 2 is 0.245 bits per heavy atom. The average molecular weight is 1820 g/mol. The van der Waals surface area contributed by atoms with Gasteiger partial charge in [-0.1, -0.05) is 322 Å². The van der Waals surface area contributed by atoms with E-state index >= 15 is 0 Å². The van der Waals surface area contributed by atoms with Gasteiger partial charge in [0.2, 0.25) is 0 Å². The Morgan fingerprint density at radius 3 is 0.309 bits per heavy atom. The topological polar surface area (TPSA) is 121 Å². The van der Waals surface area contributed by atoms with Crippen molar-refractivity contribution in [1.29, 1.82) is 0 Å². The summed E-state index contributed by atoms with van der Waals surface area (Å²) >= 11 is 0. The van der Waals surface area contributed by atoms with Crippen molar-refractivity contribution < 1.29 is 148 Å². The zero-order chi connectivity index (χ0) is 83.5. The first-order valence-electron chi connectivity index (χ1n) is 38.2. The van der Waals surface area contributed by atoms with Crippen LogP contribution in [0.1, 0.15) is 403 Å².